The van der Waals surface area contributed by atoms with Crippen molar-refractivity contribution in [2.75, 3.05) is 5.32 Å². The molecule has 1 aliphatic rings. The number of anilines is 1. The summed E-state index contributed by atoms with van der Waals surface area (Å²) in [6.07, 6.45) is 4.11. The Morgan fingerprint density at radius 1 is 1.23 bits per heavy atom. The van der Waals surface area contributed by atoms with Crippen LogP contribution in [0.1, 0.15) is 55.1 Å². The lowest BCUT2D eigenvalue weighted by Gasteiger charge is -2.28. The van der Waals surface area contributed by atoms with Gasteiger partial charge < -0.3 is 5.32 Å². The molecule has 0 saturated heterocycles. The number of H-pyrrole nitrogens is 1. The summed E-state index contributed by atoms with van der Waals surface area (Å²) in [7, 11) is 0. The Hall–Kier alpha value is -2.93. The van der Waals surface area contributed by atoms with Gasteiger partial charge in [0.2, 0.25) is 11.9 Å². The number of amides is 1. The molecule has 1 aromatic carbocycles. The van der Waals surface area contributed by atoms with Crippen LogP contribution in [0.25, 0.3) is 5.95 Å². The van der Waals surface area contributed by atoms with E-state index in [1.807, 2.05) is 38.1 Å². The Morgan fingerprint density at radius 3 is 2.52 bits per heavy atom. The third-order valence-electron chi connectivity index (χ3n) is 6.13. The van der Waals surface area contributed by atoms with Crippen molar-refractivity contribution in [2.24, 2.45) is 0 Å². The Labute approximate surface area is 185 Å². The van der Waals surface area contributed by atoms with Gasteiger partial charge in [-0.25, -0.2) is 4.98 Å². The number of carbonyl (C=O) groups is 1. The normalized spacial score (nSPS) is 15.2. The van der Waals surface area contributed by atoms with Crippen molar-refractivity contribution < 1.29 is 4.79 Å². The fraction of sp³-hybridized carbons (Fsp3) is 0.391. The largest absolute Gasteiger partial charge is 0.310 e. The second kappa shape index (κ2) is 8.30. The number of hydrogen-bond donors (Lipinski definition) is 2. The summed E-state index contributed by atoms with van der Waals surface area (Å²) in [5.41, 5.74) is 2.16. The number of halogens is 1. The first-order chi connectivity index (χ1) is 14.8. The average molecular weight is 440 g/mol. The third-order valence-corrected chi connectivity index (χ3v) is 6.38. The fourth-order valence-electron chi connectivity index (χ4n) is 4.49. The van der Waals surface area contributed by atoms with Gasteiger partial charge in [0.1, 0.15) is 5.82 Å². The molecule has 0 bridgehead atoms. The van der Waals surface area contributed by atoms with Gasteiger partial charge in [0.25, 0.3) is 5.56 Å². The molecule has 0 spiro atoms. The second-order valence-corrected chi connectivity index (χ2v) is 8.58. The van der Waals surface area contributed by atoms with Gasteiger partial charge in [-0.1, -0.05) is 43.5 Å². The first-order valence-electron chi connectivity index (χ1n) is 10.6. The van der Waals surface area contributed by atoms with Gasteiger partial charge in [-0.2, -0.15) is 9.78 Å². The molecule has 2 heterocycles. The van der Waals surface area contributed by atoms with Gasteiger partial charge in [-0.15, -0.1) is 0 Å². The van der Waals surface area contributed by atoms with Crippen molar-refractivity contribution in [3.8, 4) is 5.95 Å². The molecule has 1 saturated carbocycles. The highest BCUT2D eigenvalue weighted by Gasteiger charge is 2.43. The van der Waals surface area contributed by atoms with Gasteiger partial charge >= 0.3 is 0 Å². The van der Waals surface area contributed by atoms with Crippen LogP contribution in [0.15, 0.2) is 35.1 Å². The van der Waals surface area contributed by atoms with E-state index in [9.17, 15) is 9.59 Å². The van der Waals surface area contributed by atoms with E-state index in [4.69, 9.17) is 11.6 Å². The van der Waals surface area contributed by atoms with E-state index in [0.29, 0.717) is 34.2 Å². The number of aromatic amines is 1. The zero-order chi connectivity index (χ0) is 22.2. The lowest BCUT2D eigenvalue weighted by atomic mass is 9.78. The first-order valence-corrected chi connectivity index (χ1v) is 11.0. The van der Waals surface area contributed by atoms with E-state index in [0.717, 1.165) is 31.2 Å². The molecule has 1 aliphatic carbocycles. The van der Waals surface area contributed by atoms with Gasteiger partial charge in [0, 0.05) is 22.3 Å². The molecule has 31 heavy (non-hydrogen) atoms. The summed E-state index contributed by atoms with van der Waals surface area (Å²) in [6.45, 7) is 5.56. The quantitative estimate of drug-likeness (QED) is 0.621. The SMILES string of the molecule is CCc1c(C)nc(-n2nc(C)cc2NC(=O)C2(c3ccc(Cl)cc3)CCCC2)[nH]c1=O. The van der Waals surface area contributed by atoms with Crippen molar-refractivity contribution in [3.05, 3.63) is 68.2 Å². The number of nitrogens with zero attached hydrogens (tertiary/aromatic N) is 3. The van der Waals surface area contributed by atoms with Crippen molar-refractivity contribution in [1.82, 2.24) is 19.7 Å². The van der Waals surface area contributed by atoms with Crippen molar-refractivity contribution in [2.45, 2.75) is 58.3 Å². The molecule has 7 nitrogen and oxygen atoms in total. The number of nitrogens with one attached hydrogen (secondary N) is 2. The van der Waals surface area contributed by atoms with Crippen LogP contribution < -0.4 is 10.9 Å². The highest BCUT2D eigenvalue weighted by Crippen LogP contribution is 2.42. The minimum absolute atomic E-state index is 0.0854. The van der Waals surface area contributed by atoms with Gasteiger partial charge in [0.05, 0.1) is 11.1 Å². The Morgan fingerprint density at radius 2 is 1.90 bits per heavy atom. The molecule has 1 amide bonds. The summed E-state index contributed by atoms with van der Waals surface area (Å²) in [5.74, 6) is 0.683. The minimum Gasteiger partial charge on any atom is -0.310 e. The van der Waals surface area contributed by atoms with Crippen molar-refractivity contribution >= 4 is 23.3 Å². The van der Waals surface area contributed by atoms with E-state index in [-0.39, 0.29) is 17.4 Å². The van der Waals surface area contributed by atoms with Crippen LogP contribution in [0, 0.1) is 13.8 Å². The topological polar surface area (TPSA) is 92.7 Å². The van der Waals surface area contributed by atoms with Crippen LogP contribution in [-0.4, -0.2) is 25.7 Å². The predicted molar refractivity (Wildman–Crippen MR) is 121 cm³/mol. The highest BCUT2D eigenvalue weighted by molar-refractivity contribution is 6.30. The molecule has 2 aromatic heterocycles. The number of benzene rings is 1. The summed E-state index contributed by atoms with van der Waals surface area (Å²) in [4.78, 5) is 33.3. The Bertz CT molecular complexity index is 1170. The molecular formula is C23H26ClN5O2. The molecule has 0 unspecified atom stereocenters. The van der Waals surface area contributed by atoms with Crippen LogP contribution in [0.3, 0.4) is 0 Å². The number of aryl methyl sites for hydroxylation is 2. The van der Waals surface area contributed by atoms with Crippen LogP contribution in [0.5, 0.6) is 0 Å². The van der Waals surface area contributed by atoms with Crippen molar-refractivity contribution in [3.63, 3.8) is 0 Å². The van der Waals surface area contributed by atoms with E-state index >= 15 is 0 Å². The second-order valence-electron chi connectivity index (χ2n) is 8.14. The lowest BCUT2D eigenvalue weighted by Crippen LogP contribution is -2.38. The zero-order valence-electron chi connectivity index (χ0n) is 18.0. The number of hydrogen-bond acceptors (Lipinski definition) is 4. The highest BCUT2D eigenvalue weighted by atomic mass is 35.5. The molecule has 0 radical (unpaired) electrons. The standard InChI is InChI=1S/C23H26ClN5O2/c1-4-18-15(3)25-22(27-20(18)30)29-19(13-14(2)28-29)26-21(31)23(11-5-6-12-23)16-7-9-17(24)10-8-16/h7-10,13H,4-6,11-12H2,1-3H3,(H,26,31)(H,25,27,30). The molecule has 0 atom stereocenters. The molecular weight excluding hydrogens is 414 g/mol. The van der Waals surface area contributed by atoms with Crippen molar-refractivity contribution in [1.29, 1.82) is 0 Å². The summed E-state index contributed by atoms with van der Waals surface area (Å²) in [5, 5.41) is 8.16. The number of rotatable bonds is 5. The van der Waals surface area contributed by atoms with Gasteiger partial charge in [-0.05, 0) is 50.8 Å². The molecule has 3 aromatic rings. The monoisotopic (exact) mass is 439 g/mol. The van der Waals surface area contributed by atoms with E-state index in [1.165, 1.54) is 4.68 Å². The maximum Gasteiger partial charge on any atom is 0.255 e. The number of carbonyl (C=O) groups excluding carboxylic acids is 1. The average Bonchev–Trinajstić information content (AvgIpc) is 3.36. The summed E-state index contributed by atoms with van der Waals surface area (Å²) < 4.78 is 1.49. The fourth-order valence-corrected chi connectivity index (χ4v) is 4.62. The minimum atomic E-state index is -0.615. The molecule has 0 aliphatic heterocycles. The maximum atomic E-state index is 13.6. The summed E-state index contributed by atoms with van der Waals surface area (Å²) >= 11 is 6.06. The third kappa shape index (κ3) is 3.90. The van der Waals surface area contributed by atoms with E-state index < -0.39 is 5.41 Å². The van der Waals surface area contributed by atoms with Crippen LogP contribution in [0.4, 0.5) is 5.82 Å². The maximum absolute atomic E-state index is 13.6. The molecule has 2 N–H and O–H groups in total. The summed E-state index contributed by atoms with van der Waals surface area (Å²) in [6, 6.07) is 9.30. The zero-order valence-corrected chi connectivity index (χ0v) is 18.7. The molecule has 4 rings (SSSR count). The first kappa shape index (κ1) is 21.3. The van der Waals surface area contributed by atoms with E-state index in [1.54, 1.807) is 13.0 Å². The van der Waals surface area contributed by atoms with E-state index in [2.05, 4.69) is 20.4 Å². The number of aromatic nitrogens is 4. The van der Waals surface area contributed by atoms with Crippen LogP contribution in [0.2, 0.25) is 5.02 Å². The predicted octanol–water partition coefficient (Wildman–Crippen LogP) is 4.24. The molecule has 8 heteroatoms. The smallest absolute Gasteiger partial charge is 0.255 e. The lowest BCUT2D eigenvalue weighted by molar-refractivity contribution is -0.121. The van der Waals surface area contributed by atoms with Crippen LogP contribution >= 0.6 is 11.6 Å². The van der Waals surface area contributed by atoms with Gasteiger partial charge in [0.15, 0.2) is 0 Å². The van der Waals surface area contributed by atoms with Crippen LogP contribution in [-0.2, 0) is 16.6 Å². The Balaban J connectivity index is 1.71. The molecule has 1 fully saturated rings. The van der Waals surface area contributed by atoms with Gasteiger partial charge in [-0.3, -0.25) is 14.6 Å². The molecule has 162 valence electrons. The Kier molecular flexibility index (Phi) is 5.71.